The fourth-order valence-corrected chi connectivity index (χ4v) is 5.77. The van der Waals surface area contributed by atoms with Gasteiger partial charge in [0.1, 0.15) is 5.52 Å². The van der Waals surface area contributed by atoms with E-state index in [1.165, 1.54) is 6.42 Å². The van der Waals surface area contributed by atoms with Crippen LogP contribution < -0.4 is 10.6 Å². The third-order valence-electron chi connectivity index (χ3n) is 6.81. The van der Waals surface area contributed by atoms with E-state index in [-0.39, 0.29) is 6.03 Å². The van der Waals surface area contributed by atoms with Gasteiger partial charge in [0.15, 0.2) is 5.58 Å². The van der Waals surface area contributed by atoms with E-state index in [1.54, 1.807) is 0 Å². The lowest BCUT2D eigenvalue weighted by Crippen LogP contribution is -2.52. The SMILES string of the molecule is CC.O=C1Nc2c(Cl)cc3nc(CN4CC5CC4CO5)oc3c2C2(CCCCC2)N1. The average molecular weight is 433 g/mol. The molecule has 2 amide bonds. The average Bonchev–Trinajstić information content (AvgIpc) is 3.46. The highest BCUT2D eigenvalue weighted by Crippen LogP contribution is 2.48. The third-order valence-corrected chi connectivity index (χ3v) is 7.10. The van der Waals surface area contributed by atoms with Crippen LogP contribution in [0.3, 0.4) is 0 Å². The van der Waals surface area contributed by atoms with Crippen molar-refractivity contribution < 1.29 is 13.9 Å². The number of halogens is 1. The van der Waals surface area contributed by atoms with Gasteiger partial charge in [-0.1, -0.05) is 44.7 Å². The van der Waals surface area contributed by atoms with Crippen molar-refractivity contribution in [3.8, 4) is 0 Å². The fraction of sp³-hybridized carbons (Fsp3) is 0.636. The normalized spacial score (nSPS) is 26.8. The van der Waals surface area contributed by atoms with Gasteiger partial charge in [-0.25, -0.2) is 9.78 Å². The van der Waals surface area contributed by atoms with Crippen LogP contribution in [0.5, 0.6) is 0 Å². The predicted octanol–water partition coefficient (Wildman–Crippen LogP) is 4.78. The van der Waals surface area contributed by atoms with Gasteiger partial charge in [0.05, 0.1) is 35.5 Å². The first-order valence-corrected chi connectivity index (χ1v) is 11.6. The smallest absolute Gasteiger partial charge is 0.319 e. The zero-order chi connectivity index (χ0) is 20.9. The van der Waals surface area contributed by atoms with Gasteiger partial charge >= 0.3 is 6.03 Å². The van der Waals surface area contributed by atoms with Crippen molar-refractivity contribution in [2.45, 2.75) is 76.6 Å². The van der Waals surface area contributed by atoms with Crippen LogP contribution in [-0.4, -0.2) is 41.2 Å². The van der Waals surface area contributed by atoms with Crippen molar-refractivity contribution in [1.29, 1.82) is 0 Å². The van der Waals surface area contributed by atoms with Gasteiger partial charge in [-0.15, -0.1) is 0 Å². The molecular formula is C22H29ClN4O3. The van der Waals surface area contributed by atoms with Gasteiger partial charge in [-0.05, 0) is 25.3 Å². The van der Waals surface area contributed by atoms with Crippen molar-refractivity contribution in [2.24, 2.45) is 0 Å². The summed E-state index contributed by atoms with van der Waals surface area (Å²) in [5.74, 6) is 0.704. The number of anilines is 1. The van der Waals surface area contributed by atoms with E-state index in [4.69, 9.17) is 25.7 Å². The van der Waals surface area contributed by atoms with Crippen LogP contribution in [0.15, 0.2) is 10.5 Å². The number of amides is 2. The van der Waals surface area contributed by atoms with Gasteiger partial charge < -0.3 is 19.8 Å². The molecule has 2 unspecified atom stereocenters. The number of hydrogen-bond acceptors (Lipinski definition) is 5. The maximum Gasteiger partial charge on any atom is 0.319 e. The molecule has 4 aliphatic rings. The molecule has 2 atom stereocenters. The summed E-state index contributed by atoms with van der Waals surface area (Å²) in [5, 5.41) is 6.61. The molecule has 8 heteroatoms. The molecule has 3 fully saturated rings. The van der Waals surface area contributed by atoms with Crippen LogP contribution in [0, 0.1) is 0 Å². The molecule has 4 heterocycles. The Hall–Kier alpha value is -1.83. The number of carbonyl (C=O) groups excluding carboxylic acids is 1. The second-order valence-corrected chi connectivity index (χ2v) is 8.97. The standard InChI is InChI=1S/C20H23ClN4O3.C2H6/c21-13-7-14-18(28-15(22-14)9-25-8-12-6-11(25)10-27-12)16-17(13)23-19(26)24-20(16)4-2-1-3-5-20;1-2/h7,11-12H,1-6,8-10H2,(H2,23,24,26);1-2H3. The number of urea groups is 1. The van der Waals surface area contributed by atoms with E-state index >= 15 is 0 Å². The maximum absolute atomic E-state index is 12.4. The predicted molar refractivity (Wildman–Crippen MR) is 116 cm³/mol. The lowest BCUT2D eigenvalue weighted by molar-refractivity contribution is 0.0243. The van der Waals surface area contributed by atoms with E-state index in [0.717, 1.165) is 61.9 Å². The molecule has 2 bridgehead atoms. The number of hydrogen-bond donors (Lipinski definition) is 2. The van der Waals surface area contributed by atoms with E-state index in [0.29, 0.717) is 35.3 Å². The Balaban J connectivity index is 0.000000937. The number of aromatic nitrogens is 1. The van der Waals surface area contributed by atoms with Crippen LogP contribution >= 0.6 is 11.6 Å². The minimum absolute atomic E-state index is 0.191. The number of ether oxygens (including phenoxy) is 1. The molecule has 30 heavy (non-hydrogen) atoms. The Labute approximate surface area is 181 Å². The molecule has 1 saturated carbocycles. The van der Waals surface area contributed by atoms with E-state index < -0.39 is 5.54 Å². The van der Waals surface area contributed by atoms with Gasteiger partial charge in [0, 0.05) is 18.2 Å². The van der Waals surface area contributed by atoms with Crippen molar-refractivity contribution in [1.82, 2.24) is 15.2 Å². The summed E-state index contributed by atoms with van der Waals surface area (Å²) in [6, 6.07) is 2.08. The summed E-state index contributed by atoms with van der Waals surface area (Å²) >= 11 is 6.57. The van der Waals surface area contributed by atoms with Crippen LogP contribution in [-0.2, 0) is 16.8 Å². The zero-order valence-electron chi connectivity index (χ0n) is 17.6. The number of benzene rings is 1. The summed E-state index contributed by atoms with van der Waals surface area (Å²) in [4.78, 5) is 19.5. The van der Waals surface area contributed by atoms with Crippen molar-refractivity contribution in [3.63, 3.8) is 0 Å². The molecule has 1 aromatic carbocycles. The second-order valence-electron chi connectivity index (χ2n) is 8.56. The van der Waals surface area contributed by atoms with Crippen LogP contribution in [0.1, 0.15) is 63.8 Å². The van der Waals surface area contributed by atoms with E-state index in [2.05, 4.69) is 15.5 Å². The number of nitrogens with one attached hydrogen (secondary N) is 2. The highest BCUT2D eigenvalue weighted by molar-refractivity contribution is 6.35. The molecule has 162 valence electrons. The number of oxazole rings is 1. The van der Waals surface area contributed by atoms with Gasteiger partial charge in [0.25, 0.3) is 0 Å². The molecule has 2 N–H and O–H groups in total. The van der Waals surface area contributed by atoms with Crippen LogP contribution in [0.25, 0.3) is 11.1 Å². The van der Waals surface area contributed by atoms with Crippen molar-refractivity contribution in [2.75, 3.05) is 18.5 Å². The Morgan fingerprint density at radius 1 is 1.30 bits per heavy atom. The number of carbonyl (C=O) groups is 1. The quantitative estimate of drug-likeness (QED) is 0.714. The number of morpholine rings is 1. The van der Waals surface area contributed by atoms with Gasteiger partial charge in [-0.2, -0.15) is 0 Å². The van der Waals surface area contributed by atoms with Crippen molar-refractivity contribution in [3.05, 3.63) is 22.5 Å². The summed E-state index contributed by atoms with van der Waals surface area (Å²) in [6.07, 6.45) is 6.57. The molecule has 1 aliphatic carbocycles. The lowest BCUT2D eigenvalue weighted by atomic mass is 9.74. The Morgan fingerprint density at radius 3 is 2.80 bits per heavy atom. The highest BCUT2D eigenvalue weighted by atomic mass is 35.5. The fourth-order valence-electron chi connectivity index (χ4n) is 5.53. The molecule has 7 nitrogen and oxygen atoms in total. The van der Waals surface area contributed by atoms with Crippen LogP contribution in [0.2, 0.25) is 5.02 Å². The molecular weight excluding hydrogens is 404 g/mol. The summed E-state index contributed by atoms with van der Waals surface area (Å²) in [6.45, 7) is 6.41. The maximum atomic E-state index is 12.4. The lowest BCUT2D eigenvalue weighted by Gasteiger charge is -2.42. The summed E-state index contributed by atoms with van der Waals surface area (Å²) in [7, 11) is 0. The molecule has 6 rings (SSSR count). The summed E-state index contributed by atoms with van der Waals surface area (Å²) < 4.78 is 12.0. The number of nitrogens with zero attached hydrogens (tertiary/aromatic N) is 2. The van der Waals surface area contributed by atoms with Crippen LogP contribution in [0.4, 0.5) is 10.5 Å². The summed E-state index contributed by atoms with van der Waals surface area (Å²) in [5.41, 5.74) is 2.75. The first kappa shape index (κ1) is 20.1. The van der Waals surface area contributed by atoms with E-state index in [9.17, 15) is 4.79 Å². The molecule has 1 spiro atoms. The molecule has 3 aliphatic heterocycles. The monoisotopic (exact) mass is 432 g/mol. The molecule has 2 aromatic rings. The zero-order valence-corrected chi connectivity index (χ0v) is 18.3. The highest BCUT2D eigenvalue weighted by Gasteiger charge is 2.44. The van der Waals surface area contributed by atoms with Gasteiger partial charge in [0.2, 0.25) is 5.89 Å². The second kappa shape index (κ2) is 7.70. The van der Waals surface area contributed by atoms with Gasteiger partial charge in [-0.3, -0.25) is 4.90 Å². The first-order valence-electron chi connectivity index (χ1n) is 11.2. The number of rotatable bonds is 2. The Kier molecular flexibility index (Phi) is 5.16. The minimum Gasteiger partial charge on any atom is -0.439 e. The molecule has 0 radical (unpaired) electrons. The molecule has 1 aromatic heterocycles. The third kappa shape index (κ3) is 3.18. The topological polar surface area (TPSA) is 79.6 Å². The largest absolute Gasteiger partial charge is 0.439 e. The molecule has 2 saturated heterocycles. The number of likely N-dealkylation sites (tertiary alicyclic amines) is 1. The van der Waals surface area contributed by atoms with Crippen molar-refractivity contribution >= 4 is 34.4 Å². The number of fused-ring (bicyclic) bond motifs is 6. The first-order chi connectivity index (χ1) is 14.6. The Bertz CT molecular complexity index is 969. The Morgan fingerprint density at radius 2 is 2.10 bits per heavy atom. The minimum atomic E-state index is -0.420. The van der Waals surface area contributed by atoms with E-state index in [1.807, 2.05) is 19.9 Å².